The molecule has 21 heavy (non-hydrogen) atoms. The molecular formula is C14H23N3O3S. The van der Waals surface area contributed by atoms with E-state index in [2.05, 4.69) is 10.3 Å². The van der Waals surface area contributed by atoms with Crippen LogP contribution in [0.3, 0.4) is 0 Å². The molecule has 118 valence electrons. The summed E-state index contributed by atoms with van der Waals surface area (Å²) in [4.78, 5) is 4.37. The Labute approximate surface area is 126 Å². The van der Waals surface area contributed by atoms with Crippen molar-refractivity contribution in [3.63, 3.8) is 0 Å². The second-order valence-electron chi connectivity index (χ2n) is 5.48. The number of nitrogens with one attached hydrogen (secondary N) is 1. The van der Waals surface area contributed by atoms with Crippen LogP contribution in [0.4, 0.5) is 5.82 Å². The van der Waals surface area contributed by atoms with Gasteiger partial charge in [0.15, 0.2) is 0 Å². The van der Waals surface area contributed by atoms with Crippen LogP contribution in [0.25, 0.3) is 0 Å². The molecule has 1 aromatic heterocycles. The van der Waals surface area contributed by atoms with Crippen molar-refractivity contribution in [1.29, 1.82) is 0 Å². The molecule has 1 aromatic rings. The second kappa shape index (κ2) is 6.29. The number of pyridine rings is 1. The zero-order valence-corrected chi connectivity index (χ0v) is 13.6. The summed E-state index contributed by atoms with van der Waals surface area (Å²) in [7, 11) is -1.94. The molecule has 1 unspecified atom stereocenters. The van der Waals surface area contributed by atoms with Crippen molar-refractivity contribution in [2.24, 2.45) is 0 Å². The second-order valence-corrected chi connectivity index (χ2v) is 7.38. The van der Waals surface area contributed by atoms with Crippen LogP contribution in [0, 0.1) is 0 Å². The minimum absolute atomic E-state index is 0.229. The summed E-state index contributed by atoms with van der Waals surface area (Å²) in [6, 6.07) is 3.24. The van der Waals surface area contributed by atoms with E-state index in [-0.39, 0.29) is 4.90 Å². The molecule has 1 fully saturated rings. The first kappa shape index (κ1) is 16.2. The van der Waals surface area contributed by atoms with Gasteiger partial charge in [-0.3, -0.25) is 0 Å². The molecule has 0 radical (unpaired) electrons. The van der Waals surface area contributed by atoms with Crippen molar-refractivity contribution in [2.75, 3.05) is 32.1 Å². The number of nitrogens with zero attached hydrogens (tertiary/aromatic N) is 2. The lowest BCUT2D eigenvalue weighted by molar-refractivity contribution is -0.0319. The number of methoxy groups -OCH3 is 1. The lowest BCUT2D eigenvalue weighted by Crippen LogP contribution is -2.49. The number of sulfonamides is 1. The number of hydrogen-bond acceptors (Lipinski definition) is 5. The molecule has 0 saturated carbocycles. The fourth-order valence-electron chi connectivity index (χ4n) is 2.57. The molecule has 1 saturated heterocycles. The standard InChI is InChI=1S/C14H23N3O3S/c1-4-15-13-12(7-5-9-16-13)21(18,19)17-10-6-8-14(2,11-17)20-3/h5,7,9H,4,6,8,10-11H2,1-3H3,(H,15,16). The van der Waals surface area contributed by atoms with E-state index < -0.39 is 15.6 Å². The van der Waals surface area contributed by atoms with E-state index in [4.69, 9.17) is 4.74 Å². The quantitative estimate of drug-likeness (QED) is 0.896. The molecule has 2 heterocycles. The van der Waals surface area contributed by atoms with Crippen LogP contribution in [0.5, 0.6) is 0 Å². The molecule has 1 N–H and O–H groups in total. The third-order valence-electron chi connectivity index (χ3n) is 3.85. The Morgan fingerprint density at radius 1 is 1.52 bits per heavy atom. The van der Waals surface area contributed by atoms with Gasteiger partial charge in [0, 0.05) is 32.9 Å². The molecule has 1 atom stereocenters. The minimum atomic E-state index is -3.57. The predicted molar refractivity (Wildman–Crippen MR) is 81.8 cm³/mol. The maximum absolute atomic E-state index is 12.9. The summed E-state index contributed by atoms with van der Waals surface area (Å²) in [6.45, 7) is 5.36. The van der Waals surface area contributed by atoms with Crippen LogP contribution in [-0.4, -0.2) is 50.1 Å². The molecule has 0 aliphatic carbocycles. The van der Waals surface area contributed by atoms with Gasteiger partial charge in [-0.25, -0.2) is 13.4 Å². The Kier molecular flexibility index (Phi) is 4.85. The highest BCUT2D eigenvalue weighted by atomic mass is 32.2. The smallest absolute Gasteiger partial charge is 0.246 e. The SMILES string of the molecule is CCNc1ncccc1S(=O)(=O)N1CCCC(C)(OC)C1. The van der Waals surface area contributed by atoms with Crippen LogP contribution in [0.1, 0.15) is 26.7 Å². The largest absolute Gasteiger partial charge is 0.377 e. The van der Waals surface area contributed by atoms with Gasteiger partial charge in [-0.05, 0) is 38.8 Å². The number of piperidine rings is 1. The average Bonchev–Trinajstić information content (AvgIpc) is 2.48. The highest BCUT2D eigenvalue weighted by Crippen LogP contribution is 2.30. The van der Waals surface area contributed by atoms with Crippen molar-refractivity contribution in [3.8, 4) is 0 Å². The van der Waals surface area contributed by atoms with Gasteiger partial charge in [0.25, 0.3) is 0 Å². The summed E-state index contributed by atoms with van der Waals surface area (Å²) >= 11 is 0. The van der Waals surface area contributed by atoms with Crippen molar-refractivity contribution < 1.29 is 13.2 Å². The molecule has 0 spiro atoms. The highest BCUT2D eigenvalue weighted by molar-refractivity contribution is 7.89. The lowest BCUT2D eigenvalue weighted by atomic mass is 9.96. The van der Waals surface area contributed by atoms with Gasteiger partial charge in [0.1, 0.15) is 10.7 Å². The van der Waals surface area contributed by atoms with Gasteiger partial charge in [-0.2, -0.15) is 4.31 Å². The van der Waals surface area contributed by atoms with Gasteiger partial charge in [0.2, 0.25) is 10.0 Å². The lowest BCUT2D eigenvalue weighted by Gasteiger charge is -2.38. The predicted octanol–water partition coefficient (Wildman–Crippen LogP) is 1.70. The maximum Gasteiger partial charge on any atom is 0.246 e. The Hall–Kier alpha value is -1.18. The summed E-state index contributed by atoms with van der Waals surface area (Å²) in [6.07, 6.45) is 3.25. The number of anilines is 1. The summed E-state index contributed by atoms with van der Waals surface area (Å²) < 4.78 is 32.7. The average molecular weight is 313 g/mol. The Bertz CT molecular complexity index is 591. The zero-order valence-electron chi connectivity index (χ0n) is 12.8. The Balaban J connectivity index is 2.34. The van der Waals surface area contributed by atoms with Gasteiger partial charge in [-0.1, -0.05) is 0 Å². The molecule has 0 bridgehead atoms. The Morgan fingerprint density at radius 2 is 2.29 bits per heavy atom. The summed E-state index contributed by atoms with van der Waals surface area (Å²) in [5, 5.41) is 3.01. The number of rotatable bonds is 5. The zero-order chi connectivity index (χ0) is 15.5. The fourth-order valence-corrected chi connectivity index (χ4v) is 4.28. The topological polar surface area (TPSA) is 71.5 Å². The normalized spacial score (nSPS) is 24.0. The molecule has 0 aromatic carbocycles. The number of ether oxygens (including phenoxy) is 1. The molecular weight excluding hydrogens is 290 g/mol. The third kappa shape index (κ3) is 3.36. The molecule has 7 heteroatoms. The monoisotopic (exact) mass is 313 g/mol. The van der Waals surface area contributed by atoms with E-state index in [0.29, 0.717) is 25.5 Å². The van der Waals surface area contributed by atoms with Crippen LogP contribution in [0.15, 0.2) is 23.2 Å². The molecule has 2 rings (SSSR count). The van der Waals surface area contributed by atoms with Crippen LogP contribution >= 0.6 is 0 Å². The molecule has 6 nitrogen and oxygen atoms in total. The first-order valence-electron chi connectivity index (χ1n) is 7.17. The van der Waals surface area contributed by atoms with Crippen molar-refractivity contribution in [1.82, 2.24) is 9.29 Å². The maximum atomic E-state index is 12.9. The van der Waals surface area contributed by atoms with E-state index in [0.717, 1.165) is 12.8 Å². The van der Waals surface area contributed by atoms with Crippen molar-refractivity contribution in [2.45, 2.75) is 37.2 Å². The summed E-state index contributed by atoms with van der Waals surface area (Å²) in [5.41, 5.74) is -0.425. The van der Waals surface area contributed by atoms with Gasteiger partial charge in [0.05, 0.1) is 5.60 Å². The van der Waals surface area contributed by atoms with Gasteiger partial charge >= 0.3 is 0 Å². The summed E-state index contributed by atoms with van der Waals surface area (Å²) in [5.74, 6) is 0.407. The van der Waals surface area contributed by atoms with E-state index in [1.165, 1.54) is 4.31 Å². The molecule has 1 aliphatic rings. The Morgan fingerprint density at radius 3 is 2.95 bits per heavy atom. The van der Waals surface area contributed by atoms with Crippen molar-refractivity contribution in [3.05, 3.63) is 18.3 Å². The third-order valence-corrected chi connectivity index (χ3v) is 5.73. The van der Waals surface area contributed by atoms with Crippen LogP contribution < -0.4 is 5.32 Å². The van der Waals surface area contributed by atoms with Gasteiger partial charge < -0.3 is 10.1 Å². The van der Waals surface area contributed by atoms with Crippen LogP contribution in [0.2, 0.25) is 0 Å². The van der Waals surface area contributed by atoms with Gasteiger partial charge in [-0.15, -0.1) is 0 Å². The van der Waals surface area contributed by atoms with E-state index in [1.807, 2.05) is 13.8 Å². The molecule has 1 aliphatic heterocycles. The molecule has 0 amide bonds. The fraction of sp³-hybridized carbons (Fsp3) is 0.643. The van der Waals surface area contributed by atoms with Crippen LogP contribution in [-0.2, 0) is 14.8 Å². The van der Waals surface area contributed by atoms with E-state index >= 15 is 0 Å². The highest BCUT2D eigenvalue weighted by Gasteiger charge is 2.38. The van der Waals surface area contributed by atoms with E-state index in [9.17, 15) is 8.42 Å². The number of hydrogen-bond donors (Lipinski definition) is 1. The first-order chi connectivity index (χ1) is 9.93. The van der Waals surface area contributed by atoms with Crippen molar-refractivity contribution >= 4 is 15.8 Å². The number of aromatic nitrogens is 1. The van der Waals surface area contributed by atoms with E-state index in [1.54, 1.807) is 25.4 Å². The minimum Gasteiger partial charge on any atom is -0.377 e. The first-order valence-corrected chi connectivity index (χ1v) is 8.61.